The third-order valence-electron chi connectivity index (χ3n) is 1.70. The molecule has 0 saturated heterocycles. The molecule has 0 spiro atoms. The molecule has 1 aromatic rings. The van der Waals surface area contributed by atoms with Gasteiger partial charge in [0, 0.05) is 12.1 Å². The van der Waals surface area contributed by atoms with E-state index >= 15 is 0 Å². The molecule has 0 radical (unpaired) electrons. The molecule has 0 aromatic heterocycles. The van der Waals surface area contributed by atoms with Crippen molar-refractivity contribution in [2.45, 2.75) is 4.90 Å². The summed E-state index contributed by atoms with van der Waals surface area (Å²) in [6, 6.07) is 2.72. The minimum Gasteiger partial charge on any atom is -0.768 e. The van der Waals surface area contributed by atoms with Gasteiger partial charge in [0.2, 0.25) is 0 Å². The molecule has 1 rings (SSSR count). The van der Waals surface area contributed by atoms with E-state index < -0.39 is 11.1 Å². The molecule has 0 aliphatic heterocycles. The van der Waals surface area contributed by atoms with Crippen LogP contribution in [0.25, 0.3) is 0 Å². The van der Waals surface area contributed by atoms with Crippen molar-refractivity contribution in [3.63, 3.8) is 0 Å². The van der Waals surface area contributed by atoms with E-state index in [4.69, 9.17) is 15.2 Å². The van der Waals surface area contributed by atoms with Gasteiger partial charge in [-0.05, 0) is 11.1 Å². The van der Waals surface area contributed by atoms with Crippen LogP contribution in [0.1, 0.15) is 0 Å². The van der Waals surface area contributed by atoms with Gasteiger partial charge in [0.15, 0.2) is 0 Å². The van der Waals surface area contributed by atoms with Crippen LogP contribution in [0.5, 0.6) is 11.5 Å². The molecule has 5 nitrogen and oxygen atoms in total. The van der Waals surface area contributed by atoms with E-state index in [0.29, 0.717) is 11.4 Å². The SMILES string of the molecule is COc1cc(S(=O)[O-])c(OC)cc1N. The van der Waals surface area contributed by atoms with Gasteiger partial charge < -0.3 is 19.8 Å². The monoisotopic (exact) mass is 216 g/mol. The van der Waals surface area contributed by atoms with Crippen molar-refractivity contribution in [3.05, 3.63) is 12.1 Å². The van der Waals surface area contributed by atoms with Crippen molar-refractivity contribution in [2.75, 3.05) is 20.0 Å². The Morgan fingerprint density at radius 1 is 1.29 bits per heavy atom. The van der Waals surface area contributed by atoms with Gasteiger partial charge in [0.05, 0.1) is 24.8 Å². The standard InChI is InChI=1S/C8H11NO4S/c1-12-6-4-8(14(10)11)7(13-2)3-5(6)9/h3-4H,9H2,1-2H3,(H,10,11)/p-1. The number of methoxy groups -OCH3 is 2. The molecule has 0 aliphatic rings. The Hall–Kier alpha value is -1.27. The first-order valence-electron chi connectivity index (χ1n) is 3.71. The van der Waals surface area contributed by atoms with E-state index in [1.54, 1.807) is 0 Å². The first kappa shape index (κ1) is 10.8. The molecule has 14 heavy (non-hydrogen) atoms. The summed E-state index contributed by atoms with van der Waals surface area (Å²) in [6.45, 7) is 0. The summed E-state index contributed by atoms with van der Waals surface area (Å²) in [5.74, 6) is 0.515. The number of hydrogen-bond donors (Lipinski definition) is 1. The topological polar surface area (TPSA) is 84.6 Å². The highest BCUT2D eigenvalue weighted by Crippen LogP contribution is 2.32. The summed E-state index contributed by atoms with van der Waals surface area (Å²) in [5, 5.41) is 0. The Balaban J connectivity index is 3.32. The maximum atomic E-state index is 10.8. The lowest BCUT2D eigenvalue weighted by Gasteiger charge is -2.13. The normalized spacial score (nSPS) is 12.2. The van der Waals surface area contributed by atoms with E-state index in [1.807, 2.05) is 0 Å². The molecular formula is C8H10NO4S-. The Kier molecular flexibility index (Phi) is 3.32. The van der Waals surface area contributed by atoms with Crippen LogP contribution >= 0.6 is 0 Å². The van der Waals surface area contributed by atoms with Crippen molar-refractivity contribution in [1.82, 2.24) is 0 Å². The summed E-state index contributed by atoms with van der Waals surface area (Å²) < 4.78 is 31.3. The Morgan fingerprint density at radius 2 is 1.86 bits per heavy atom. The molecule has 0 fully saturated rings. The van der Waals surface area contributed by atoms with Crippen LogP contribution in [-0.2, 0) is 11.1 Å². The van der Waals surface area contributed by atoms with Crippen molar-refractivity contribution in [2.24, 2.45) is 0 Å². The number of benzene rings is 1. The largest absolute Gasteiger partial charge is 0.768 e. The molecule has 0 aliphatic carbocycles. The Bertz CT molecular complexity index is 367. The summed E-state index contributed by atoms with van der Waals surface area (Å²) in [7, 11) is 2.79. The number of anilines is 1. The third-order valence-corrected chi connectivity index (χ3v) is 2.37. The lowest BCUT2D eigenvalue weighted by Crippen LogP contribution is -1.99. The molecule has 0 bridgehead atoms. The van der Waals surface area contributed by atoms with Gasteiger partial charge >= 0.3 is 0 Å². The molecule has 0 saturated carbocycles. The molecule has 1 aromatic carbocycles. The Morgan fingerprint density at radius 3 is 2.29 bits per heavy atom. The number of nitrogens with two attached hydrogens (primary N) is 1. The van der Waals surface area contributed by atoms with Gasteiger partial charge in [-0.3, -0.25) is 4.21 Å². The average molecular weight is 216 g/mol. The second kappa shape index (κ2) is 4.30. The quantitative estimate of drug-likeness (QED) is 0.588. The molecule has 1 unspecified atom stereocenters. The van der Waals surface area contributed by atoms with E-state index in [9.17, 15) is 8.76 Å². The first-order valence-corrected chi connectivity index (χ1v) is 4.78. The zero-order valence-electron chi connectivity index (χ0n) is 7.77. The molecule has 0 heterocycles. The summed E-state index contributed by atoms with van der Waals surface area (Å²) in [5.41, 5.74) is 5.90. The zero-order valence-corrected chi connectivity index (χ0v) is 8.59. The van der Waals surface area contributed by atoms with Crippen molar-refractivity contribution in [3.8, 4) is 11.5 Å². The predicted octanol–water partition coefficient (Wildman–Crippen LogP) is 0.524. The lowest BCUT2D eigenvalue weighted by atomic mass is 10.3. The zero-order chi connectivity index (χ0) is 10.7. The predicted molar refractivity (Wildman–Crippen MR) is 51.1 cm³/mol. The van der Waals surface area contributed by atoms with Gasteiger partial charge in [-0.1, -0.05) is 0 Å². The summed E-state index contributed by atoms with van der Waals surface area (Å²) >= 11 is -2.37. The van der Waals surface area contributed by atoms with Gasteiger partial charge in [-0.25, -0.2) is 0 Å². The van der Waals surface area contributed by atoms with Crippen LogP contribution < -0.4 is 15.2 Å². The van der Waals surface area contributed by atoms with Crippen LogP contribution in [0, 0.1) is 0 Å². The lowest BCUT2D eigenvalue weighted by molar-refractivity contribution is 0.392. The molecule has 6 heteroatoms. The Labute approximate surface area is 84.1 Å². The highest BCUT2D eigenvalue weighted by Gasteiger charge is 2.09. The minimum absolute atomic E-state index is 0.0264. The summed E-state index contributed by atoms with van der Waals surface area (Å²) in [4.78, 5) is 0.0264. The number of ether oxygens (including phenoxy) is 2. The van der Waals surface area contributed by atoms with E-state index in [1.165, 1.54) is 26.4 Å². The first-order chi connectivity index (χ1) is 6.60. The second-order valence-corrected chi connectivity index (χ2v) is 3.39. The molecule has 78 valence electrons. The highest BCUT2D eigenvalue weighted by molar-refractivity contribution is 7.79. The van der Waals surface area contributed by atoms with Crippen LogP contribution in [0.2, 0.25) is 0 Å². The fourth-order valence-electron chi connectivity index (χ4n) is 1.02. The fourth-order valence-corrected chi connectivity index (χ4v) is 1.53. The van der Waals surface area contributed by atoms with E-state index in [-0.39, 0.29) is 10.6 Å². The van der Waals surface area contributed by atoms with E-state index in [0.717, 1.165) is 0 Å². The van der Waals surface area contributed by atoms with Gasteiger partial charge in [-0.15, -0.1) is 0 Å². The number of hydrogen-bond acceptors (Lipinski definition) is 5. The minimum atomic E-state index is -2.37. The second-order valence-electron chi connectivity index (χ2n) is 2.48. The van der Waals surface area contributed by atoms with Crippen LogP contribution in [0.15, 0.2) is 17.0 Å². The van der Waals surface area contributed by atoms with Gasteiger partial charge in [-0.2, -0.15) is 0 Å². The van der Waals surface area contributed by atoms with Gasteiger partial charge in [0.25, 0.3) is 0 Å². The average Bonchev–Trinajstić information content (AvgIpc) is 2.16. The van der Waals surface area contributed by atoms with Crippen LogP contribution in [0.4, 0.5) is 5.69 Å². The van der Waals surface area contributed by atoms with Crippen LogP contribution in [0.3, 0.4) is 0 Å². The summed E-state index contributed by atoms with van der Waals surface area (Å²) in [6.07, 6.45) is 0. The molecular weight excluding hydrogens is 206 g/mol. The maximum Gasteiger partial charge on any atom is 0.143 e. The van der Waals surface area contributed by atoms with Gasteiger partial charge in [0.1, 0.15) is 11.5 Å². The fraction of sp³-hybridized carbons (Fsp3) is 0.250. The molecule has 0 amide bonds. The van der Waals surface area contributed by atoms with Crippen LogP contribution in [-0.4, -0.2) is 23.0 Å². The number of nitrogen functional groups attached to an aromatic ring is 1. The maximum absolute atomic E-state index is 10.8. The number of rotatable bonds is 3. The van der Waals surface area contributed by atoms with Crippen molar-refractivity contribution in [1.29, 1.82) is 0 Å². The third kappa shape index (κ3) is 1.97. The smallest absolute Gasteiger partial charge is 0.143 e. The molecule has 1 atom stereocenters. The van der Waals surface area contributed by atoms with Crippen molar-refractivity contribution >= 4 is 16.8 Å². The van der Waals surface area contributed by atoms with E-state index in [2.05, 4.69) is 0 Å². The highest BCUT2D eigenvalue weighted by atomic mass is 32.2. The van der Waals surface area contributed by atoms with Crippen molar-refractivity contribution < 1.29 is 18.2 Å². The molecule has 2 N–H and O–H groups in total.